The number of hydrogen-bond donors (Lipinski definition) is 0. The van der Waals surface area contributed by atoms with Gasteiger partial charge in [0.2, 0.25) is 0 Å². The third-order valence-corrected chi connectivity index (χ3v) is 4.31. The Bertz CT molecular complexity index is 861. The fourth-order valence-corrected chi connectivity index (χ4v) is 3.15. The summed E-state index contributed by atoms with van der Waals surface area (Å²) in [6.45, 7) is 0. The molecule has 0 amide bonds. The number of rotatable bonds is 1. The molecule has 0 bridgehead atoms. The predicted molar refractivity (Wildman–Crippen MR) is 93.2 cm³/mol. The van der Waals surface area contributed by atoms with Crippen LogP contribution in [0.1, 0.15) is 35.3 Å². The van der Waals surface area contributed by atoms with E-state index in [1.807, 2.05) is 48.5 Å². The molecule has 0 saturated heterocycles. The van der Waals surface area contributed by atoms with E-state index < -0.39 is 0 Å². The number of aryl methyl sites for hydroxylation is 1. The molecule has 2 aromatic carbocycles. The Kier molecular flexibility index (Phi) is 3.74. The van der Waals surface area contributed by atoms with E-state index in [0.29, 0.717) is 0 Å². The van der Waals surface area contributed by atoms with Gasteiger partial charge >= 0.3 is 0 Å². The van der Waals surface area contributed by atoms with Crippen molar-refractivity contribution in [2.45, 2.75) is 25.7 Å². The minimum absolute atomic E-state index is 0.931. The molecule has 23 heavy (non-hydrogen) atoms. The monoisotopic (exact) mass is 298 g/mol. The average molecular weight is 298 g/mol. The molecule has 0 aliphatic heterocycles. The molecular formula is C22H18O. The third-order valence-electron chi connectivity index (χ3n) is 4.31. The van der Waals surface area contributed by atoms with E-state index in [0.717, 1.165) is 41.1 Å². The van der Waals surface area contributed by atoms with E-state index in [2.05, 4.69) is 24.0 Å². The van der Waals surface area contributed by atoms with Gasteiger partial charge in [-0.25, -0.2) is 0 Å². The van der Waals surface area contributed by atoms with Gasteiger partial charge in [0.15, 0.2) is 0 Å². The Hall–Kier alpha value is -2.72. The molecule has 0 unspecified atom stereocenters. The first-order valence-electron chi connectivity index (χ1n) is 8.19. The quantitative estimate of drug-likeness (QED) is 0.561. The number of hydrogen-bond acceptors (Lipinski definition) is 1. The first-order chi connectivity index (χ1) is 11.4. The summed E-state index contributed by atoms with van der Waals surface area (Å²) in [5.41, 5.74) is 4.55. The molecular weight excluding hydrogens is 280 g/mol. The minimum atomic E-state index is 0.931. The van der Waals surface area contributed by atoms with Gasteiger partial charge in [0.1, 0.15) is 11.5 Å². The van der Waals surface area contributed by atoms with E-state index in [1.165, 1.54) is 18.4 Å². The molecule has 112 valence electrons. The highest BCUT2D eigenvalue weighted by atomic mass is 16.3. The van der Waals surface area contributed by atoms with Crippen molar-refractivity contribution in [2.75, 3.05) is 0 Å². The summed E-state index contributed by atoms with van der Waals surface area (Å²) < 4.78 is 6.21. The van der Waals surface area contributed by atoms with Crippen molar-refractivity contribution in [2.24, 2.45) is 0 Å². The van der Waals surface area contributed by atoms with Crippen LogP contribution in [0.15, 0.2) is 65.1 Å². The van der Waals surface area contributed by atoms with Crippen LogP contribution in [0.2, 0.25) is 0 Å². The van der Waals surface area contributed by atoms with Gasteiger partial charge in [-0.05, 0) is 31.4 Å². The highest BCUT2D eigenvalue weighted by Gasteiger charge is 2.22. The van der Waals surface area contributed by atoms with Gasteiger partial charge < -0.3 is 4.42 Å². The second kappa shape index (κ2) is 6.18. The Morgan fingerprint density at radius 3 is 2.22 bits per heavy atom. The first kappa shape index (κ1) is 13.9. The maximum atomic E-state index is 6.21. The van der Waals surface area contributed by atoms with Crippen LogP contribution in [-0.2, 0) is 12.8 Å². The van der Waals surface area contributed by atoms with Crippen molar-refractivity contribution in [3.05, 3.63) is 83.1 Å². The number of furan rings is 1. The molecule has 1 aromatic heterocycles. The normalized spacial score (nSPS) is 13.0. The van der Waals surface area contributed by atoms with Crippen LogP contribution < -0.4 is 0 Å². The summed E-state index contributed by atoms with van der Waals surface area (Å²) in [7, 11) is 0. The Morgan fingerprint density at radius 2 is 1.43 bits per heavy atom. The largest absolute Gasteiger partial charge is 0.459 e. The van der Waals surface area contributed by atoms with E-state index >= 15 is 0 Å². The van der Waals surface area contributed by atoms with Crippen LogP contribution in [0.4, 0.5) is 0 Å². The first-order valence-corrected chi connectivity index (χ1v) is 8.19. The Morgan fingerprint density at radius 1 is 0.739 bits per heavy atom. The molecule has 0 saturated carbocycles. The molecule has 1 heteroatoms. The van der Waals surface area contributed by atoms with Gasteiger partial charge in [-0.3, -0.25) is 0 Å². The zero-order valence-corrected chi connectivity index (χ0v) is 13.0. The van der Waals surface area contributed by atoms with Gasteiger partial charge in [-0.2, -0.15) is 0 Å². The molecule has 0 fully saturated rings. The van der Waals surface area contributed by atoms with Gasteiger partial charge in [0.25, 0.3) is 0 Å². The van der Waals surface area contributed by atoms with Gasteiger partial charge in [0, 0.05) is 23.1 Å². The summed E-state index contributed by atoms with van der Waals surface area (Å²) >= 11 is 0. The van der Waals surface area contributed by atoms with Crippen molar-refractivity contribution in [1.29, 1.82) is 0 Å². The summed E-state index contributed by atoms with van der Waals surface area (Å²) in [6.07, 6.45) is 4.54. The summed E-state index contributed by atoms with van der Waals surface area (Å²) in [4.78, 5) is 0. The van der Waals surface area contributed by atoms with Crippen LogP contribution in [0, 0.1) is 11.8 Å². The molecule has 1 aliphatic carbocycles. The number of benzene rings is 2. The highest BCUT2D eigenvalue weighted by Crippen LogP contribution is 2.35. The lowest BCUT2D eigenvalue weighted by atomic mass is 9.93. The van der Waals surface area contributed by atoms with Crippen LogP contribution in [-0.4, -0.2) is 0 Å². The molecule has 4 rings (SSSR count). The summed E-state index contributed by atoms with van der Waals surface area (Å²) in [5, 5.41) is 0. The van der Waals surface area contributed by atoms with E-state index in [1.54, 1.807) is 0 Å². The van der Waals surface area contributed by atoms with Crippen molar-refractivity contribution in [1.82, 2.24) is 0 Å². The molecule has 1 aliphatic rings. The van der Waals surface area contributed by atoms with E-state index in [4.69, 9.17) is 4.42 Å². The SMILES string of the molecule is C(#Cc1c(-c2ccccc2)oc2c1CCCC2)c1ccccc1. The van der Waals surface area contributed by atoms with Crippen LogP contribution in [0.5, 0.6) is 0 Å². The lowest BCUT2D eigenvalue weighted by Gasteiger charge is -2.08. The van der Waals surface area contributed by atoms with Crippen molar-refractivity contribution in [3.63, 3.8) is 0 Å². The molecule has 0 spiro atoms. The minimum Gasteiger partial charge on any atom is -0.459 e. The molecule has 1 heterocycles. The zero-order valence-electron chi connectivity index (χ0n) is 13.0. The Labute approximate surface area is 137 Å². The highest BCUT2D eigenvalue weighted by molar-refractivity contribution is 5.69. The average Bonchev–Trinajstić information content (AvgIpc) is 3.00. The maximum Gasteiger partial charge on any atom is 0.150 e. The Balaban J connectivity index is 1.84. The van der Waals surface area contributed by atoms with E-state index in [-0.39, 0.29) is 0 Å². The molecule has 1 nitrogen and oxygen atoms in total. The zero-order chi connectivity index (χ0) is 15.5. The van der Waals surface area contributed by atoms with Crippen molar-refractivity contribution >= 4 is 0 Å². The molecule has 0 N–H and O–H groups in total. The smallest absolute Gasteiger partial charge is 0.150 e. The fourth-order valence-electron chi connectivity index (χ4n) is 3.15. The van der Waals surface area contributed by atoms with Gasteiger partial charge in [-0.1, -0.05) is 60.4 Å². The lowest BCUT2D eigenvalue weighted by molar-refractivity contribution is 0.487. The predicted octanol–water partition coefficient (Wildman–Crippen LogP) is 5.23. The van der Waals surface area contributed by atoms with Gasteiger partial charge in [-0.15, -0.1) is 0 Å². The van der Waals surface area contributed by atoms with Crippen molar-refractivity contribution in [3.8, 4) is 23.2 Å². The molecule has 3 aromatic rings. The summed E-state index contributed by atoms with van der Waals surface area (Å²) in [5.74, 6) is 8.75. The van der Waals surface area contributed by atoms with Gasteiger partial charge in [0.05, 0.1) is 5.56 Å². The summed E-state index contributed by atoms with van der Waals surface area (Å²) in [6, 6.07) is 20.5. The van der Waals surface area contributed by atoms with Crippen molar-refractivity contribution < 1.29 is 4.42 Å². The third kappa shape index (κ3) is 2.81. The number of fused-ring (bicyclic) bond motifs is 1. The lowest BCUT2D eigenvalue weighted by Crippen LogP contribution is -2.00. The topological polar surface area (TPSA) is 13.1 Å². The fraction of sp³-hybridized carbons (Fsp3) is 0.182. The maximum absolute atomic E-state index is 6.21. The molecule has 0 radical (unpaired) electrons. The van der Waals surface area contributed by atoms with Crippen LogP contribution in [0.3, 0.4) is 0 Å². The molecule has 0 atom stereocenters. The second-order valence-corrected chi connectivity index (χ2v) is 5.90. The van der Waals surface area contributed by atoms with E-state index in [9.17, 15) is 0 Å². The second-order valence-electron chi connectivity index (χ2n) is 5.90. The standard InChI is InChI=1S/C22H18O/c1-3-9-17(10-4-1)15-16-20-19-13-7-8-14-21(19)23-22(20)18-11-5-2-6-12-18/h1-6,9-12H,7-8,13-14H2. The van der Waals surface area contributed by atoms with Crippen LogP contribution >= 0.6 is 0 Å². The van der Waals surface area contributed by atoms with Crippen LogP contribution in [0.25, 0.3) is 11.3 Å².